The Morgan fingerprint density at radius 1 is 0.853 bits per heavy atom. The first-order valence-corrected chi connectivity index (χ1v) is 12.7. The molecule has 2 fully saturated rings. The van der Waals surface area contributed by atoms with Crippen LogP contribution in [-0.4, -0.2) is 56.1 Å². The van der Waals surface area contributed by atoms with Crippen LogP contribution in [0.3, 0.4) is 0 Å². The topological polar surface area (TPSA) is 61.9 Å². The zero-order valence-electron chi connectivity index (χ0n) is 19.2. The first-order valence-electron chi connectivity index (χ1n) is 11.9. The molecule has 0 radical (unpaired) electrons. The Labute approximate surface area is 204 Å². The fourth-order valence-corrected chi connectivity index (χ4v) is 5.65. The molecule has 3 aromatic rings. The average Bonchev–Trinajstić information content (AvgIpc) is 3.36. The summed E-state index contributed by atoms with van der Waals surface area (Å²) >= 11 is 1.50. The molecule has 5 rings (SSSR count). The van der Waals surface area contributed by atoms with Crippen molar-refractivity contribution in [3.05, 3.63) is 71.1 Å². The fraction of sp³-hybridized carbons (Fsp3) is 0.333. The lowest BCUT2D eigenvalue weighted by Crippen LogP contribution is -2.35. The highest BCUT2D eigenvalue weighted by Crippen LogP contribution is 2.39. The van der Waals surface area contributed by atoms with E-state index < -0.39 is 0 Å². The number of piperidine rings is 1. The minimum absolute atomic E-state index is 0.0351. The molecule has 0 bridgehead atoms. The number of hydrogen-bond acceptors (Lipinski definition) is 5. The molecule has 0 saturated carbocycles. The number of morpholine rings is 1. The summed E-state index contributed by atoms with van der Waals surface area (Å²) in [5.74, 6) is -0.128. The normalized spacial score (nSPS) is 16.4. The number of benzene rings is 2. The summed E-state index contributed by atoms with van der Waals surface area (Å²) in [5.41, 5.74) is 3.40. The lowest BCUT2D eigenvalue weighted by Gasteiger charge is -2.28. The summed E-state index contributed by atoms with van der Waals surface area (Å²) in [6, 6.07) is 19.4. The Bertz CT molecular complexity index is 1150. The standard InChI is InChI=1S/C27H29N3O3S/c31-25(28-22-11-7-10-21(18-22)26(32)29-12-5-2-6-13-29)24-19-23(20-8-3-1-4-9-20)27(34-24)30-14-16-33-17-15-30/h1,3-4,7-11,18-19H,2,5-6,12-17H2,(H,28,31). The second-order valence-corrected chi connectivity index (χ2v) is 9.71. The number of nitrogens with one attached hydrogen (secondary N) is 1. The molecule has 7 heteroatoms. The second kappa shape index (κ2) is 10.4. The van der Waals surface area contributed by atoms with E-state index in [2.05, 4.69) is 22.3 Å². The molecule has 3 heterocycles. The summed E-state index contributed by atoms with van der Waals surface area (Å²) in [7, 11) is 0. The van der Waals surface area contributed by atoms with E-state index in [0.29, 0.717) is 29.3 Å². The molecule has 1 aromatic heterocycles. The average molecular weight is 476 g/mol. The van der Waals surface area contributed by atoms with Crippen LogP contribution in [0.2, 0.25) is 0 Å². The number of amides is 2. The number of carbonyl (C=O) groups excluding carboxylic acids is 2. The fourth-order valence-electron chi connectivity index (χ4n) is 4.52. The summed E-state index contributed by atoms with van der Waals surface area (Å²) in [6.45, 7) is 4.59. The molecule has 2 aromatic carbocycles. The molecule has 2 aliphatic heterocycles. The van der Waals surface area contributed by atoms with Crippen molar-refractivity contribution in [3.63, 3.8) is 0 Å². The predicted octanol–water partition coefficient (Wildman–Crippen LogP) is 5.13. The number of rotatable bonds is 5. The summed E-state index contributed by atoms with van der Waals surface area (Å²) in [6.07, 6.45) is 3.28. The van der Waals surface area contributed by atoms with Gasteiger partial charge in [-0.15, -0.1) is 11.3 Å². The van der Waals surface area contributed by atoms with Crippen LogP contribution in [0.25, 0.3) is 11.1 Å². The molecular weight excluding hydrogens is 446 g/mol. The highest BCUT2D eigenvalue weighted by Gasteiger charge is 2.23. The van der Waals surface area contributed by atoms with Crippen LogP contribution < -0.4 is 10.2 Å². The SMILES string of the molecule is O=C(Nc1cccc(C(=O)N2CCCCC2)c1)c1cc(-c2ccccc2)c(N2CCOCC2)s1. The van der Waals surface area contributed by atoms with Gasteiger partial charge in [0, 0.05) is 43.0 Å². The number of anilines is 2. The molecule has 2 aliphatic rings. The first kappa shape index (κ1) is 22.6. The number of carbonyl (C=O) groups is 2. The molecule has 34 heavy (non-hydrogen) atoms. The quantitative estimate of drug-likeness (QED) is 0.556. The third-order valence-corrected chi connectivity index (χ3v) is 7.52. The van der Waals surface area contributed by atoms with Gasteiger partial charge in [0.05, 0.1) is 23.1 Å². The van der Waals surface area contributed by atoms with E-state index in [4.69, 9.17) is 4.74 Å². The summed E-state index contributed by atoms with van der Waals surface area (Å²) < 4.78 is 5.53. The van der Waals surface area contributed by atoms with E-state index in [1.54, 1.807) is 6.07 Å². The van der Waals surface area contributed by atoms with Crippen LogP contribution in [0.1, 0.15) is 39.3 Å². The van der Waals surface area contributed by atoms with Crippen LogP contribution in [0, 0.1) is 0 Å². The number of thiophene rings is 1. The molecule has 0 unspecified atom stereocenters. The van der Waals surface area contributed by atoms with Crippen LogP contribution in [0.5, 0.6) is 0 Å². The third kappa shape index (κ3) is 5.00. The van der Waals surface area contributed by atoms with Gasteiger partial charge in [-0.25, -0.2) is 0 Å². The van der Waals surface area contributed by atoms with Crippen LogP contribution in [-0.2, 0) is 4.74 Å². The van der Waals surface area contributed by atoms with E-state index >= 15 is 0 Å². The van der Waals surface area contributed by atoms with E-state index in [1.165, 1.54) is 17.8 Å². The number of hydrogen-bond donors (Lipinski definition) is 1. The van der Waals surface area contributed by atoms with Gasteiger partial charge in [-0.1, -0.05) is 36.4 Å². The van der Waals surface area contributed by atoms with Crippen molar-refractivity contribution >= 4 is 33.8 Å². The molecule has 0 spiro atoms. The van der Waals surface area contributed by atoms with Crippen LogP contribution in [0.15, 0.2) is 60.7 Å². The number of ether oxygens (including phenoxy) is 1. The summed E-state index contributed by atoms with van der Waals surface area (Å²) in [4.78, 5) is 31.0. The van der Waals surface area contributed by atoms with Gasteiger partial charge in [0.2, 0.25) is 0 Å². The Balaban J connectivity index is 1.37. The predicted molar refractivity (Wildman–Crippen MR) is 137 cm³/mol. The van der Waals surface area contributed by atoms with Gasteiger partial charge in [0.1, 0.15) is 0 Å². The van der Waals surface area contributed by atoms with Crippen LogP contribution in [0.4, 0.5) is 10.7 Å². The zero-order chi connectivity index (χ0) is 23.3. The van der Waals surface area contributed by atoms with Gasteiger partial charge in [0.25, 0.3) is 11.8 Å². The molecular formula is C27H29N3O3S. The highest BCUT2D eigenvalue weighted by atomic mass is 32.1. The molecule has 2 amide bonds. The lowest BCUT2D eigenvalue weighted by molar-refractivity contribution is 0.0724. The van der Waals surface area contributed by atoms with E-state index in [0.717, 1.165) is 55.1 Å². The van der Waals surface area contributed by atoms with Crippen molar-refractivity contribution in [1.29, 1.82) is 0 Å². The van der Waals surface area contributed by atoms with Gasteiger partial charge < -0.3 is 19.9 Å². The Kier molecular flexibility index (Phi) is 6.92. The molecule has 176 valence electrons. The van der Waals surface area contributed by atoms with Crippen LogP contribution >= 0.6 is 11.3 Å². The maximum Gasteiger partial charge on any atom is 0.265 e. The molecule has 2 saturated heterocycles. The van der Waals surface area contributed by atoms with Crippen molar-refractivity contribution in [1.82, 2.24) is 4.90 Å². The van der Waals surface area contributed by atoms with Gasteiger partial charge in [-0.2, -0.15) is 0 Å². The van der Waals surface area contributed by atoms with Crippen molar-refractivity contribution in [2.75, 3.05) is 49.6 Å². The number of nitrogens with zero attached hydrogens (tertiary/aromatic N) is 2. The smallest absolute Gasteiger partial charge is 0.265 e. The van der Waals surface area contributed by atoms with Gasteiger partial charge in [0.15, 0.2) is 0 Å². The van der Waals surface area contributed by atoms with E-state index in [1.807, 2.05) is 47.4 Å². The maximum absolute atomic E-state index is 13.2. The van der Waals surface area contributed by atoms with E-state index in [-0.39, 0.29) is 11.8 Å². The Morgan fingerprint density at radius 2 is 1.62 bits per heavy atom. The molecule has 0 atom stereocenters. The zero-order valence-corrected chi connectivity index (χ0v) is 20.0. The van der Waals surface area contributed by atoms with Crippen molar-refractivity contribution in [2.24, 2.45) is 0 Å². The second-order valence-electron chi connectivity index (χ2n) is 8.68. The van der Waals surface area contributed by atoms with E-state index in [9.17, 15) is 9.59 Å². The minimum Gasteiger partial charge on any atom is -0.378 e. The molecule has 6 nitrogen and oxygen atoms in total. The lowest BCUT2D eigenvalue weighted by atomic mass is 10.1. The highest BCUT2D eigenvalue weighted by molar-refractivity contribution is 7.18. The van der Waals surface area contributed by atoms with Crippen molar-refractivity contribution in [2.45, 2.75) is 19.3 Å². The van der Waals surface area contributed by atoms with Crippen molar-refractivity contribution < 1.29 is 14.3 Å². The van der Waals surface area contributed by atoms with Crippen molar-refractivity contribution in [3.8, 4) is 11.1 Å². The maximum atomic E-state index is 13.2. The number of likely N-dealkylation sites (tertiary alicyclic amines) is 1. The van der Waals surface area contributed by atoms with Gasteiger partial charge >= 0.3 is 0 Å². The monoisotopic (exact) mass is 475 g/mol. The van der Waals surface area contributed by atoms with Gasteiger partial charge in [-0.05, 0) is 49.1 Å². The Hall–Kier alpha value is -3.16. The molecule has 0 aliphatic carbocycles. The first-order chi connectivity index (χ1) is 16.7. The Morgan fingerprint density at radius 3 is 2.38 bits per heavy atom. The largest absolute Gasteiger partial charge is 0.378 e. The summed E-state index contributed by atoms with van der Waals surface area (Å²) in [5, 5.41) is 4.10. The van der Waals surface area contributed by atoms with Gasteiger partial charge in [-0.3, -0.25) is 9.59 Å². The third-order valence-electron chi connectivity index (χ3n) is 6.33. The minimum atomic E-state index is -0.163. The molecule has 1 N–H and O–H groups in total.